The predicted octanol–water partition coefficient (Wildman–Crippen LogP) is 2.64. The first-order chi connectivity index (χ1) is 15.5. The van der Waals surface area contributed by atoms with Crippen LogP contribution in [0.4, 0.5) is 4.79 Å². The molecule has 0 unspecified atom stereocenters. The van der Waals surface area contributed by atoms with Crippen molar-refractivity contribution >= 4 is 34.6 Å². The van der Waals surface area contributed by atoms with E-state index in [1.165, 1.54) is 12.3 Å². The summed E-state index contributed by atoms with van der Waals surface area (Å²) in [5.74, 6) is -0.382. The molecular weight excluding hydrogens is 430 g/mol. The average molecular weight is 449 g/mol. The van der Waals surface area contributed by atoms with E-state index in [-0.39, 0.29) is 29.6 Å². The topological polar surface area (TPSA) is 105 Å². The molecule has 1 aliphatic carbocycles. The van der Waals surface area contributed by atoms with Crippen molar-refractivity contribution in [1.82, 2.24) is 15.5 Å². The largest absolute Gasteiger partial charge is 0.462 e. The summed E-state index contributed by atoms with van der Waals surface area (Å²) in [6.07, 6.45) is 9.32. The van der Waals surface area contributed by atoms with Gasteiger partial charge in [0.15, 0.2) is 5.78 Å². The standard InChI is InChI=1S/C23H19N3O5S/c27-17-7-6-16(10-20-22(29)25-23(30)32-20)18(11-17)19-13-26(8-9-31-19)14-21(28)24-12-15-4-2-1-3-5-15/h1-10,13H,11-12,14H2,(H,24,28)(H,25,29,30). The van der Waals surface area contributed by atoms with Crippen LogP contribution in [0.1, 0.15) is 12.0 Å². The minimum absolute atomic E-state index is 0.0659. The number of allylic oxidation sites excluding steroid dienone is 5. The minimum Gasteiger partial charge on any atom is -0.462 e. The van der Waals surface area contributed by atoms with E-state index in [1.54, 1.807) is 29.5 Å². The van der Waals surface area contributed by atoms with Crippen molar-refractivity contribution in [3.63, 3.8) is 0 Å². The number of nitrogens with one attached hydrogen (secondary N) is 2. The third-order valence-corrected chi connectivity index (χ3v) is 5.57. The zero-order chi connectivity index (χ0) is 22.5. The van der Waals surface area contributed by atoms with Gasteiger partial charge in [-0.3, -0.25) is 24.5 Å². The van der Waals surface area contributed by atoms with Gasteiger partial charge in [0.05, 0.1) is 4.91 Å². The first-order valence-electron chi connectivity index (χ1n) is 9.79. The van der Waals surface area contributed by atoms with Crippen molar-refractivity contribution < 1.29 is 23.9 Å². The Balaban J connectivity index is 1.49. The Bertz CT molecular complexity index is 1130. The molecule has 162 valence electrons. The van der Waals surface area contributed by atoms with Crippen molar-refractivity contribution in [1.29, 1.82) is 0 Å². The van der Waals surface area contributed by atoms with Crippen LogP contribution in [0.3, 0.4) is 0 Å². The number of amides is 3. The fourth-order valence-corrected chi connectivity index (χ4v) is 3.89. The smallest absolute Gasteiger partial charge is 0.290 e. The van der Waals surface area contributed by atoms with Crippen LogP contribution in [0.25, 0.3) is 0 Å². The molecule has 2 aliphatic heterocycles. The lowest BCUT2D eigenvalue weighted by molar-refractivity contribution is -0.121. The molecule has 1 saturated heterocycles. The highest BCUT2D eigenvalue weighted by molar-refractivity contribution is 8.18. The highest BCUT2D eigenvalue weighted by atomic mass is 32.2. The van der Waals surface area contributed by atoms with Crippen molar-refractivity contribution in [3.05, 3.63) is 94.6 Å². The molecule has 1 aromatic rings. The lowest BCUT2D eigenvalue weighted by atomic mass is 9.94. The molecule has 0 aromatic heterocycles. The van der Waals surface area contributed by atoms with Gasteiger partial charge in [0.2, 0.25) is 5.91 Å². The van der Waals surface area contributed by atoms with Crippen molar-refractivity contribution in [2.24, 2.45) is 0 Å². The van der Waals surface area contributed by atoms with Crippen LogP contribution in [0.15, 0.2) is 89.0 Å². The molecule has 8 nitrogen and oxygen atoms in total. The van der Waals surface area contributed by atoms with Gasteiger partial charge >= 0.3 is 0 Å². The lowest BCUT2D eigenvalue weighted by Gasteiger charge is -2.24. The molecule has 0 radical (unpaired) electrons. The third-order valence-electron chi connectivity index (χ3n) is 4.76. The van der Waals surface area contributed by atoms with Crippen molar-refractivity contribution in [2.75, 3.05) is 6.54 Å². The number of nitrogens with zero attached hydrogens (tertiary/aromatic N) is 1. The van der Waals surface area contributed by atoms with Gasteiger partial charge in [-0.2, -0.15) is 0 Å². The fourth-order valence-electron chi connectivity index (χ4n) is 3.22. The number of benzene rings is 1. The van der Waals surface area contributed by atoms with E-state index in [1.807, 2.05) is 30.3 Å². The monoisotopic (exact) mass is 449 g/mol. The molecule has 0 saturated carbocycles. The van der Waals surface area contributed by atoms with E-state index < -0.39 is 11.1 Å². The van der Waals surface area contributed by atoms with Gasteiger partial charge in [0.1, 0.15) is 18.6 Å². The molecule has 1 aromatic carbocycles. The third kappa shape index (κ3) is 5.25. The molecule has 2 N–H and O–H groups in total. The molecule has 3 aliphatic rings. The normalized spacial score (nSPS) is 19.2. The molecule has 0 bridgehead atoms. The van der Waals surface area contributed by atoms with Crippen LogP contribution < -0.4 is 10.6 Å². The van der Waals surface area contributed by atoms with Gasteiger partial charge in [-0.1, -0.05) is 36.4 Å². The maximum atomic E-state index is 12.4. The molecule has 2 heterocycles. The summed E-state index contributed by atoms with van der Waals surface area (Å²) in [4.78, 5) is 49.6. The average Bonchev–Trinajstić information content (AvgIpc) is 3.11. The second-order valence-corrected chi connectivity index (χ2v) is 8.11. The molecule has 32 heavy (non-hydrogen) atoms. The Morgan fingerprint density at radius 2 is 2.00 bits per heavy atom. The summed E-state index contributed by atoms with van der Waals surface area (Å²) >= 11 is 0.800. The van der Waals surface area contributed by atoms with Crippen LogP contribution in [-0.4, -0.2) is 34.3 Å². The molecule has 1 fully saturated rings. The number of thioether (sulfide) groups is 1. The molecule has 0 atom stereocenters. The zero-order valence-corrected chi connectivity index (χ0v) is 17.7. The van der Waals surface area contributed by atoms with Crippen molar-refractivity contribution in [3.8, 4) is 0 Å². The molecule has 0 spiro atoms. The Morgan fingerprint density at radius 1 is 1.19 bits per heavy atom. The Kier molecular flexibility index (Phi) is 6.37. The SMILES string of the molecule is O=C1C=CC(C=C2SC(=O)NC2=O)=C(C2=CN(CC(=O)NCc3ccccc3)C=CO2)C1. The van der Waals surface area contributed by atoms with Gasteiger partial charge in [-0.25, -0.2) is 0 Å². The number of rotatable bonds is 6. The van der Waals surface area contributed by atoms with Crippen LogP contribution in [0, 0.1) is 0 Å². The van der Waals surface area contributed by atoms with E-state index in [4.69, 9.17) is 4.74 Å². The lowest BCUT2D eigenvalue weighted by Crippen LogP contribution is -2.33. The van der Waals surface area contributed by atoms with E-state index in [9.17, 15) is 19.2 Å². The van der Waals surface area contributed by atoms with Crippen LogP contribution in [-0.2, 0) is 25.7 Å². The van der Waals surface area contributed by atoms with Gasteiger partial charge in [-0.05, 0) is 35.1 Å². The van der Waals surface area contributed by atoms with Gasteiger partial charge in [-0.15, -0.1) is 0 Å². The van der Waals surface area contributed by atoms with Crippen molar-refractivity contribution in [2.45, 2.75) is 13.0 Å². The molecule has 3 amide bonds. The summed E-state index contributed by atoms with van der Waals surface area (Å²) in [7, 11) is 0. The summed E-state index contributed by atoms with van der Waals surface area (Å²) < 4.78 is 5.61. The summed E-state index contributed by atoms with van der Waals surface area (Å²) in [5.41, 5.74) is 2.15. The maximum Gasteiger partial charge on any atom is 0.290 e. The number of ketones is 1. The minimum atomic E-state index is -0.479. The predicted molar refractivity (Wildman–Crippen MR) is 118 cm³/mol. The summed E-state index contributed by atoms with van der Waals surface area (Å²) in [6.45, 7) is 0.487. The number of carbonyl (C=O) groups excluding carboxylic acids is 4. The first-order valence-corrected chi connectivity index (χ1v) is 10.6. The quantitative estimate of drug-likeness (QED) is 0.644. The highest BCUT2D eigenvalue weighted by Crippen LogP contribution is 2.31. The fraction of sp³-hybridized carbons (Fsp3) is 0.130. The van der Waals surface area contributed by atoms with Crippen LogP contribution >= 0.6 is 11.8 Å². The van der Waals surface area contributed by atoms with Gasteiger partial charge < -0.3 is 15.0 Å². The Hall–Kier alpha value is -3.85. The van der Waals surface area contributed by atoms with Gasteiger partial charge in [0.25, 0.3) is 11.1 Å². The van der Waals surface area contributed by atoms with Crippen LogP contribution in [0.5, 0.6) is 0 Å². The highest BCUT2D eigenvalue weighted by Gasteiger charge is 2.27. The summed E-state index contributed by atoms with van der Waals surface area (Å²) in [6, 6.07) is 9.59. The zero-order valence-electron chi connectivity index (χ0n) is 16.9. The number of hydrogen-bond acceptors (Lipinski definition) is 7. The second-order valence-electron chi connectivity index (χ2n) is 7.09. The Labute approximate surface area is 188 Å². The van der Waals surface area contributed by atoms with E-state index in [2.05, 4.69) is 10.6 Å². The number of imide groups is 1. The number of carbonyl (C=O) groups is 4. The molecule has 9 heteroatoms. The molecule has 4 rings (SSSR count). The molecular formula is C23H19N3O5S. The first kappa shape index (κ1) is 21.4. The summed E-state index contributed by atoms with van der Waals surface area (Å²) in [5, 5.41) is 4.63. The number of hydrogen-bond donors (Lipinski definition) is 2. The number of ether oxygens (including phenoxy) is 1. The Morgan fingerprint density at radius 3 is 2.75 bits per heavy atom. The van der Waals surface area contributed by atoms with E-state index in [0.29, 0.717) is 23.5 Å². The van der Waals surface area contributed by atoms with E-state index in [0.717, 1.165) is 17.3 Å². The maximum absolute atomic E-state index is 12.4. The van der Waals surface area contributed by atoms with Gasteiger partial charge in [0, 0.05) is 30.9 Å². The van der Waals surface area contributed by atoms with E-state index >= 15 is 0 Å². The second kappa shape index (κ2) is 9.52. The van der Waals surface area contributed by atoms with Crippen LogP contribution in [0.2, 0.25) is 0 Å².